The molecule has 0 spiro atoms. The SMILES string of the molecule is O=C(N/N=C/c1ccc(-c2ccc([N+](=O)[O-])cc2Cl)o1)c1ccccc1C(F)(F)F. The lowest BCUT2D eigenvalue weighted by atomic mass is 10.1. The third-order valence-corrected chi connectivity index (χ3v) is 4.20. The van der Waals surface area contributed by atoms with Crippen molar-refractivity contribution in [3.8, 4) is 11.3 Å². The third-order valence-electron chi connectivity index (χ3n) is 3.89. The predicted molar refractivity (Wildman–Crippen MR) is 102 cm³/mol. The number of hydrogen-bond donors (Lipinski definition) is 1. The summed E-state index contributed by atoms with van der Waals surface area (Å²) in [6, 6.07) is 11.2. The highest BCUT2D eigenvalue weighted by molar-refractivity contribution is 6.33. The van der Waals surface area contributed by atoms with Crippen molar-refractivity contribution in [2.75, 3.05) is 0 Å². The summed E-state index contributed by atoms with van der Waals surface area (Å²) in [7, 11) is 0. The minimum atomic E-state index is -4.68. The fourth-order valence-corrected chi connectivity index (χ4v) is 2.80. The topological polar surface area (TPSA) is 97.7 Å². The number of carbonyl (C=O) groups excluding carboxylic acids is 1. The van der Waals surface area contributed by atoms with Crippen molar-refractivity contribution in [1.82, 2.24) is 5.43 Å². The van der Waals surface area contributed by atoms with Crippen LogP contribution in [-0.4, -0.2) is 17.0 Å². The molecule has 0 aliphatic carbocycles. The molecule has 3 rings (SSSR count). The molecule has 11 heteroatoms. The van der Waals surface area contributed by atoms with Gasteiger partial charge in [0.2, 0.25) is 0 Å². The van der Waals surface area contributed by atoms with Gasteiger partial charge in [-0.3, -0.25) is 14.9 Å². The van der Waals surface area contributed by atoms with Crippen molar-refractivity contribution in [3.63, 3.8) is 0 Å². The minimum absolute atomic E-state index is 0.0964. The summed E-state index contributed by atoms with van der Waals surface area (Å²) in [4.78, 5) is 22.2. The van der Waals surface area contributed by atoms with Crippen molar-refractivity contribution in [2.24, 2.45) is 5.10 Å². The van der Waals surface area contributed by atoms with Gasteiger partial charge in [-0.15, -0.1) is 0 Å². The lowest BCUT2D eigenvalue weighted by molar-refractivity contribution is -0.384. The Hall–Kier alpha value is -3.66. The van der Waals surface area contributed by atoms with E-state index in [1.165, 1.54) is 42.5 Å². The van der Waals surface area contributed by atoms with Crippen LogP contribution in [0.2, 0.25) is 5.02 Å². The van der Waals surface area contributed by atoms with E-state index in [2.05, 4.69) is 5.10 Å². The van der Waals surface area contributed by atoms with Gasteiger partial charge in [0.25, 0.3) is 11.6 Å². The quantitative estimate of drug-likeness (QED) is 0.333. The number of hydrazone groups is 1. The summed E-state index contributed by atoms with van der Waals surface area (Å²) < 4.78 is 44.4. The molecule has 0 aliphatic rings. The van der Waals surface area contributed by atoms with Gasteiger partial charge in [0.15, 0.2) is 0 Å². The molecule has 0 bridgehead atoms. The van der Waals surface area contributed by atoms with Crippen LogP contribution in [0.4, 0.5) is 18.9 Å². The molecule has 1 N–H and O–H groups in total. The van der Waals surface area contributed by atoms with Gasteiger partial charge >= 0.3 is 6.18 Å². The van der Waals surface area contributed by atoms with Gasteiger partial charge in [0.1, 0.15) is 11.5 Å². The average Bonchev–Trinajstić information content (AvgIpc) is 3.15. The Morgan fingerprint density at radius 3 is 2.57 bits per heavy atom. The van der Waals surface area contributed by atoms with E-state index in [1.807, 2.05) is 5.43 Å². The van der Waals surface area contributed by atoms with E-state index in [0.29, 0.717) is 5.56 Å². The number of nitrogens with one attached hydrogen (secondary N) is 1. The van der Waals surface area contributed by atoms with E-state index in [0.717, 1.165) is 18.3 Å². The summed E-state index contributed by atoms with van der Waals surface area (Å²) in [6.45, 7) is 0. The van der Waals surface area contributed by atoms with Crippen molar-refractivity contribution in [1.29, 1.82) is 0 Å². The van der Waals surface area contributed by atoms with E-state index in [-0.39, 0.29) is 22.2 Å². The largest absolute Gasteiger partial charge is 0.455 e. The molecule has 1 aromatic heterocycles. The molecule has 0 fully saturated rings. The van der Waals surface area contributed by atoms with Crippen LogP contribution in [-0.2, 0) is 6.18 Å². The van der Waals surface area contributed by atoms with Crippen LogP contribution in [0.15, 0.2) is 64.1 Å². The third kappa shape index (κ3) is 4.66. The second-order valence-corrected chi connectivity index (χ2v) is 6.27. The highest BCUT2D eigenvalue weighted by Crippen LogP contribution is 2.33. The molecule has 0 radical (unpaired) electrons. The lowest BCUT2D eigenvalue weighted by Crippen LogP contribution is -2.22. The van der Waals surface area contributed by atoms with E-state index < -0.39 is 28.1 Å². The normalized spacial score (nSPS) is 11.6. The van der Waals surface area contributed by atoms with E-state index in [9.17, 15) is 28.1 Å². The van der Waals surface area contributed by atoms with Gasteiger partial charge in [-0.25, -0.2) is 5.43 Å². The van der Waals surface area contributed by atoms with E-state index >= 15 is 0 Å². The zero-order chi connectivity index (χ0) is 21.9. The number of nitro groups is 1. The second kappa shape index (κ2) is 8.37. The first kappa shape index (κ1) is 21.1. The lowest BCUT2D eigenvalue weighted by Gasteiger charge is -2.10. The Morgan fingerprint density at radius 2 is 1.90 bits per heavy atom. The average molecular weight is 438 g/mol. The van der Waals surface area contributed by atoms with Crippen LogP contribution in [0.5, 0.6) is 0 Å². The van der Waals surface area contributed by atoms with Crippen molar-refractivity contribution < 1.29 is 27.3 Å². The maximum Gasteiger partial charge on any atom is 0.417 e. The summed E-state index contributed by atoms with van der Waals surface area (Å²) in [5.74, 6) is -0.585. The molecule has 30 heavy (non-hydrogen) atoms. The molecule has 0 aliphatic heterocycles. The minimum Gasteiger partial charge on any atom is -0.455 e. The molecule has 0 saturated heterocycles. The Bertz CT molecular complexity index is 1140. The smallest absolute Gasteiger partial charge is 0.417 e. The first-order valence-corrected chi connectivity index (χ1v) is 8.58. The molecule has 1 amide bonds. The molecular weight excluding hydrogens is 427 g/mol. The number of alkyl halides is 3. The molecule has 0 saturated carbocycles. The maximum atomic E-state index is 13.0. The standard InChI is InChI=1S/C19H11ClF3N3O4/c20-16-9-11(26(28)29)5-7-14(16)17-8-6-12(30-17)10-24-25-18(27)13-3-1-2-4-15(13)19(21,22)23/h1-10H,(H,25,27)/b24-10+. The summed E-state index contributed by atoms with van der Waals surface area (Å²) in [6.07, 6.45) is -3.59. The second-order valence-electron chi connectivity index (χ2n) is 5.87. The van der Waals surface area contributed by atoms with Gasteiger partial charge in [-0.1, -0.05) is 23.7 Å². The van der Waals surface area contributed by atoms with Crippen LogP contribution in [0.25, 0.3) is 11.3 Å². The molecule has 7 nitrogen and oxygen atoms in total. The number of nitrogens with zero attached hydrogens (tertiary/aromatic N) is 2. The van der Waals surface area contributed by atoms with Crippen LogP contribution < -0.4 is 5.43 Å². The Labute approximate surface area is 171 Å². The first-order chi connectivity index (χ1) is 14.2. The highest BCUT2D eigenvalue weighted by atomic mass is 35.5. The van der Waals surface area contributed by atoms with Crippen LogP contribution in [0.3, 0.4) is 0 Å². The number of amides is 1. The summed E-state index contributed by atoms with van der Waals surface area (Å²) in [5.41, 5.74) is 0.574. The number of furan rings is 1. The number of non-ortho nitro benzene ring substituents is 1. The summed E-state index contributed by atoms with van der Waals surface area (Å²) in [5, 5.41) is 14.5. The Morgan fingerprint density at radius 1 is 1.17 bits per heavy atom. The van der Waals surface area contributed by atoms with Crippen LogP contribution in [0.1, 0.15) is 21.7 Å². The molecular formula is C19H11ClF3N3O4. The van der Waals surface area contributed by atoms with Crippen LogP contribution in [0, 0.1) is 10.1 Å². The Balaban J connectivity index is 1.73. The zero-order valence-corrected chi connectivity index (χ0v) is 15.6. The predicted octanol–water partition coefficient (Wildman–Crippen LogP) is 5.29. The highest BCUT2D eigenvalue weighted by Gasteiger charge is 2.34. The van der Waals surface area contributed by atoms with Gasteiger partial charge in [-0.05, 0) is 30.3 Å². The molecule has 1 heterocycles. The molecule has 2 aromatic carbocycles. The number of halogens is 4. The molecule has 0 atom stereocenters. The van der Waals surface area contributed by atoms with E-state index in [1.54, 1.807) is 0 Å². The fraction of sp³-hybridized carbons (Fsp3) is 0.0526. The van der Waals surface area contributed by atoms with Crippen LogP contribution >= 0.6 is 11.6 Å². The van der Waals surface area contributed by atoms with E-state index in [4.69, 9.17) is 16.0 Å². The number of rotatable bonds is 5. The maximum absolute atomic E-state index is 13.0. The number of nitro benzene ring substituents is 1. The number of benzene rings is 2. The van der Waals surface area contributed by atoms with Gasteiger partial charge in [0.05, 0.1) is 27.3 Å². The van der Waals surface area contributed by atoms with Gasteiger partial charge < -0.3 is 4.42 Å². The monoisotopic (exact) mass is 437 g/mol. The summed E-state index contributed by atoms with van der Waals surface area (Å²) >= 11 is 6.04. The van der Waals surface area contributed by atoms with Crippen molar-refractivity contribution in [3.05, 3.63) is 86.6 Å². The van der Waals surface area contributed by atoms with Crippen molar-refractivity contribution >= 4 is 29.4 Å². The molecule has 0 unspecified atom stereocenters. The zero-order valence-electron chi connectivity index (χ0n) is 14.8. The van der Waals surface area contributed by atoms with Gasteiger partial charge in [-0.2, -0.15) is 18.3 Å². The molecule has 3 aromatic rings. The first-order valence-electron chi connectivity index (χ1n) is 8.20. The fourth-order valence-electron chi connectivity index (χ4n) is 2.53. The van der Waals surface area contributed by atoms with Gasteiger partial charge in [0, 0.05) is 17.7 Å². The Kier molecular flexibility index (Phi) is 5.88. The molecule has 154 valence electrons. The number of hydrogen-bond acceptors (Lipinski definition) is 5. The van der Waals surface area contributed by atoms with Crippen molar-refractivity contribution in [2.45, 2.75) is 6.18 Å². The number of carbonyl (C=O) groups is 1.